The summed E-state index contributed by atoms with van der Waals surface area (Å²) in [6.07, 6.45) is -0.554. The van der Waals surface area contributed by atoms with Gasteiger partial charge in [0, 0.05) is 0 Å². The van der Waals surface area contributed by atoms with E-state index in [0.717, 1.165) is 0 Å². The van der Waals surface area contributed by atoms with Crippen molar-refractivity contribution in [2.75, 3.05) is 20.3 Å². The molecule has 0 radical (unpaired) electrons. The van der Waals surface area contributed by atoms with Gasteiger partial charge in [-0.15, -0.1) is 0 Å². The van der Waals surface area contributed by atoms with E-state index >= 15 is 0 Å². The fraction of sp³-hybridized carbons (Fsp3) is 0.727. The van der Waals surface area contributed by atoms with Crippen molar-refractivity contribution in [1.82, 2.24) is 5.32 Å². The first kappa shape index (κ1) is 17.2. The Morgan fingerprint density at radius 2 is 1.95 bits per heavy atom. The van der Waals surface area contributed by atoms with Gasteiger partial charge in [-0.05, 0) is 20.8 Å². The zero-order valence-electron chi connectivity index (χ0n) is 11.5. The summed E-state index contributed by atoms with van der Waals surface area (Å²) in [7, 11) is 1.17. The second kappa shape index (κ2) is 7.57. The van der Waals surface area contributed by atoms with Crippen molar-refractivity contribution in [3.05, 3.63) is 0 Å². The number of hydrogen-bond acceptors (Lipinski definition) is 5. The van der Waals surface area contributed by atoms with Crippen LogP contribution in [-0.2, 0) is 19.1 Å². The second-order valence-electron chi connectivity index (χ2n) is 4.70. The van der Waals surface area contributed by atoms with Gasteiger partial charge in [-0.2, -0.15) is 4.99 Å². The summed E-state index contributed by atoms with van der Waals surface area (Å²) < 4.78 is 9.60. The highest BCUT2D eigenvalue weighted by atomic mass is 16.6. The molecule has 1 amide bonds. The number of ether oxygens (including phenoxy) is 2. The van der Waals surface area contributed by atoms with E-state index in [2.05, 4.69) is 15.0 Å². The standard InChI is InChI=1S/C11H20N2O6/c1-11(2,3)19-10(17)13-7(9(16)18-4)5-12-8(15)6-14/h7,14H,5-6H2,1-4H3,(H,12,15)(H,13,17)/p+1/t7-/m0/s1. The van der Waals surface area contributed by atoms with Crippen LogP contribution in [0.15, 0.2) is 0 Å². The minimum absolute atomic E-state index is 0.163. The molecule has 0 fully saturated rings. The zero-order valence-corrected chi connectivity index (χ0v) is 11.5. The number of rotatable bonds is 5. The molecule has 0 aromatic carbocycles. The Labute approximate surface area is 111 Å². The normalized spacial score (nSPS) is 13.6. The number of methoxy groups -OCH3 is 1. The van der Waals surface area contributed by atoms with Crippen molar-refractivity contribution in [3.8, 4) is 0 Å². The van der Waals surface area contributed by atoms with Crippen molar-refractivity contribution in [2.24, 2.45) is 0 Å². The molecule has 0 bridgehead atoms. The summed E-state index contributed by atoms with van der Waals surface area (Å²) in [5.41, 5.74) is -0.647. The molecular formula is C11H21N2O6+. The minimum atomic E-state index is -1.03. The maximum atomic E-state index is 11.4. The number of carbonyl (C=O) groups is 2. The van der Waals surface area contributed by atoms with E-state index in [9.17, 15) is 14.7 Å². The molecule has 0 rings (SSSR count). The van der Waals surface area contributed by atoms with E-state index in [4.69, 9.17) is 9.84 Å². The summed E-state index contributed by atoms with van der Waals surface area (Å²) in [4.78, 5) is 24.7. The monoisotopic (exact) mass is 277 g/mol. The van der Waals surface area contributed by atoms with E-state index in [0.29, 0.717) is 0 Å². The van der Waals surface area contributed by atoms with Gasteiger partial charge in [-0.3, -0.25) is 4.79 Å². The molecule has 110 valence electrons. The molecule has 0 unspecified atom stereocenters. The first-order valence-electron chi connectivity index (χ1n) is 5.66. The largest absolute Gasteiger partial charge is 0.546 e. The van der Waals surface area contributed by atoms with Crippen LogP contribution in [0.1, 0.15) is 20.8 Å². The molecule has 8 heteroatoms. The smallest absolute Gasteiger partial charge is 0.464 e. The Balaban J connectivity index is 4.71. The average Bonchev–Trinajstić information content (AvgIpc) is 2.30. The van der Waals surface area contributed by atoms with Crippen LogP contribution in [0.5, 0.6) is 0 Å². The summed E-state index contributed by atoms with van der Waals surface area (Å²) in [6, 6.07) is -1.03. The predicted molar refractivity (Wildman–Crippen MR) is 65.3 cm³/mol. The molecular weight excluding hydrogens is 256 g/mol. The predicted octanol–water partition coefficient (Wildman–Crippen LogP) is -2.55. The second-order valence-corrected chi connectivity index (χ2v) is 4.70. The maximum Gasteiger partial charge on any atom is 0.546 e. The van der Waals surface area contributed by atoms with Gasteiger partial charge >= 0.3 is 12.1 Å². The highest BCUT2D eigenvalue weighted by Gasteiger charge is 2.28. The number of amides is 1. The van der Waals surface area contributed by atoms with E-state index < -0.39 is 36.2 Å². The Kier molecular flexibility index (Phi) is 6.84. The van der Waals surface area contributed by atoms with Crippen LogP contribution in [0.25, 0.3) is 0 Å². The van der Waals surface area contributed by atoms with Crippen LogP contribution in [0.3, 0.4) is 0 Å². The summed E-state index contributed by atoms with van der Waals surface area (Å²) in [5, 5.41) is 20.4. The van der Waals surface area contributed by atoms with Crippen molar-refractivity contribution < 1.29 is 34.3 Å². The van der Waals surface area contributed by atoms with Crippen molar-refractivity contribution in [3.63, 3.8) is 0 Å². The lowest BCUT2D eigenvalue weighted by Crippen LogP contribution is -2.85. The molecule has 0 aliphatic carbocycles. The van der Waals surface area contributed by atoms with Crippen LogP contribution in [0.2, 0.25) is 0 Å². The number of carbonyl (C=O) groups excluding carboxylic acids is 2. The third-order valence-corrected chi connectivity index (χ3v) is 1.83. The summed E-state index contributed by atoms with van der Waals surface area (Å²) in [5.74, 6) is -1.34. The quantitative estimate of drug-likeness (QED) is 0.249. The molecule has 19 heavy (non-hydrogen) atoms. The Morgan fingerprint density at radius 3 is 2.37 bits per heavy atom. The molecule has 0 saturated heterocycles. The Morgan fingerprint density at radius 1 is 1.37 bits per heavy atom. The summed E-state index contributed by atoms with van der Waals surface area (Å²) in [6.45, 7) is 4.29. The van der Waals surface area contributed by atoms with E-state index in [-0.39, 0.29) is 6.54 Å². The van der Waals surface area contributed by atoms with Crippen molar-refractivity contribution in [1.29, 1.82) is 0 Å². The van der Waals surface area contributed by atoms with Gasteiger partial charge in [0.1, 0.15) is 12.2 Å². The summed E-state index contributed by atoms with van der Waals surface area (Å²) >= 11 is 0. The minimum Gasteiger partial charge on any atom is -0.464 e. The van der Waals surface area contributed by atoms with E-state index in [1.807, 2.05) is 0 Å². The molecule has 8 nitrogen and oxygen atoms in total. The lowest BCUT2D eigenvalue weighted by molar-refractivity contribution is -0.509. The van der Waals surface area contributed by atoms with Gasteiger partial charge in [-0.25, -0.2) is 4.79 Å². The number of aliphatic hydroxyl groups is 2. The van der Waals surface area contributed by atoms with Gasteiger partial charge in [-0.1, -0.05) is 0 Å². The highest BCUT2D eigenvalue weighted by molar-refractivity contribution is 5.79. The van der Waals surface area contributed by atoms with E-state index in [1.54, 1.807) is 20.8 Å². The zero-order chi connectivity index (χ0) is 15.1. The molecule has 4 N–H and O–H groups in total. The number of nitrogens with one attached hydrogen (secondary N) is 2. The molecule has 0 aliphatic heterocycles. The lowest BCUT2D eigenvalue weighted by atomic mass is 10.2. The molecule has 0 saturated carbocycles. The molecule has 0 aromatic rings. The van der Waals surface area contributed by atoms with Crippen LogP contribution >= 0.6 is 0 Å². The first-order chi connectivity index (χ1) is 8.69. The van der Waals surface area contributed by atoms with Gasteiger partial charge in [0.25, 0.3) is 6.04 Å². The molecule has 1 atom stereocenters. The topological polar surface area (TPSA) is 119 Å². The third kappa shape index (κ3) is 7.98. The molecule has 0 aromatic heterocycles. The maximum absolute atomic E-state index is 11.4. The SMILES string of the molecule is COC(=O)[C@H](CNC(=O)CO)[NH+]=C(O)OC(C)(C)C. The van der Waals surface area contributed by atoms with Gasteiger partial charge in [0.15, 0.2) is 0 Å². The fourth-order valence-electron chi connectivity index (χ4n) is 1.08. The van der Waals surface area contributed by atoms with Crippen LogP contribution in [0.4, 0.5) is 0 Å². The third-order valence-electron chi connectivity index (χ3n) is 1.83. The van der Waals surface area contributed by atoms with Crippen LogP contribution in [-0.4, -0.2) is 60.1 Å². The number of aliphatic hydroxyl groups excluding tert-OH is 2. The first-order valence-corrected chi connectivity index (χ1v) is 5.66. The fourth-order valence-corrected chi connectivity index (χ4v) is 1.08. The van der Waals surface area contributed by atoms with Crippen molar-refractivity contribution in [2.45, 2.75) is 32.4 Å². The number of hydrogen-bond donors (Lipinski definition) is 4. The van der Waals surface area contributed by atoms with Crippen molar-refractivity contribution >= 4 is 18.0 Å². The van der Waals surface area contributed by atoms with Gasteiger partial charge in [0.05, 0.1) is 13.7 Å². The number of esters is 1. The van der Waals surface area contributed by atoms with Crippen LogP contribution in [0, 0.1) is 0 Å². The molecule has 0 spiro atoms. The Hall–Kier alpha value is -1.83. The average molecular weight is 277 g/mol. The Bertz CT molecular complexity index is 348. The highest BCUT2D eigenvalue weighted by Crippen LogP contribution is 2.04. The van der Waals surface area contributed by atoms with Crippen LogP contribution < -0.4 is 10.3 Å². The molecule has 0 aliphatic rings. The van der Waals surface area contributed by atoms with Gasteiger partial charge in [0.2, 0.25) is 5.91 Å². The lowest BCUT2D eigenvalue weighted by Gasteiger charge is -2.16. The van der Waals surface area contributed by atoms with E-state index in [1.165, 1.54) is 7.11 Å². The van der Waals surface area contributed by atoms with Gasteiger partial charge < -0.3 is 25.0 Å². The molecule has 0 heterocycles.